The molecule has 0 saturated carbocycles. The van der Waals surface area contributed by atoms with E-state index in [1.54, 1.807) is 49.6 Å². The van der Waals surface area contributed by atoms with E-state index in [4.69, 9.17) is 0 Å². The fourth-order valence-corrected chi connectivity index (χ4v) is 3.75. The van der Waals surface area contributed by atoms with Crippen LogP contribution in [-0.2, 0) is 11.3 Å². The number of carbonyl (C=O) groups excluding carboxylic acids is 1. The molecule has 0 bridgehead atoms. The third-order valence-electron chi connectivity index (χ3n) is 5.60. The number of aromatic nitrogens is 5. The van der Waals surface area contributed by atoms with Gasteiger partial charge in [-0.3, -0.25) is 19.6 Å². The summed E-state index contributed by atoms with van der Waals surface area (Å²) in [5.74, 6) is -0.347. The average molecular weight is 440 g/mol. The molecule has 3 aromatic heterocycles. The number of fused-ring (bicyclic) bond motifs is 1. The second kappa shape index (κ2) is 8.31. The minimum Gasteiger partial charge on any atom is -0.347 e. The van der Waals surface area contributed by atoms with Gasteiger partial charge in [0.05, 0.1) is 11.9 Å². The zero-order valence-corrected chi connectivity index (χ0v) is 18.2. The number of carbonyl (C=O) groups is 1. The molecule has 3 heterocycles. The van der Waals surface area contributed by atoms with Gasteiger partial charge in [0, 0.05) is 61.0 Å². The maximum absolute atomic E-state index is 14.7. The normalized spacial score (nSPS) is 11.1. The molecule has 1 amide bonds. The number of hydrogen-bond acceptors (Lipinski definition) is 4. The SMILES string of the molecule is CN(C)C(=O)Cn1cc(-c2ccc(-c3cncc4cc(F)c(-c5ccn[nH]5)cc34)cc2)cn1. The van der Waals surface area contributed by atoms with Crippen molar-refractivity contribution in [1.82, 2.24) is 29.9 Å². The van der Waals surface area contributed by atoms with Crippen molar-refractivity contribution in [3.63, 3.8) is 0 Å². The summed E-state index contributed by atoms with van der Waals surface area (Å²) in [5, 5.41) is 12.7. The summed E-state index contributed by atoms with van der Waals surface area (Å²) in [5.41, 5.74) is 4.87. The molecule has 2 aromatic carbocycles. The summed E-state index contributed by atoms with van der Waals surface area (Å²) in [4.78, 5) is 17.8. The highest BCUT2D eigenvalue weighted by molar-refractivity contribution is 5.98. The molecule has 0 aliphatic heterocycles. The molecule has 0 aliphatic carbocycles. The smallest absolute Gasteiger partial charge is 0.243 e. The zero-order valence-electron chi connectivity index (χ0n) is 18.2. The summed E-state index contributed by atoms with van der Waals surface area (Å²) < 4.78 is 16.3. The van der Waals surface area contributed by atoms with Gasteiger partial charge in [0.2, 0.25) is 5.91 Å². The molecule has 0 saturated heterocycles. The lowest BCUT2D eigenvalue weighted by molar-refractivity contribution is -0.129. The van der Waals surface area contributed by atoms with Gasteiger partial charge in [-0.1, -0.05) is 24.3 Å². The van der Waals surface area contributed by atoms with E-state index in [0.29, 0.717) is 11.3 Å². The van der Waals surface area contributed by atoms with Crippen LogP contribution in [0, 0.1) is 5.82 Å². The van der Waals surface area contributed by atoms with Crippen molar-refractivity contribution in [2.75, 3.05) is 14.1 Å². The number of pyridine rings is 1. The number of amides is 1. The van der Waals surface area contributed by atoms with Gasteiger partial charge in [0.15, 0.2) is 0 Å². The molecule has 33 heavy (non-hydrogen) atoms. The van der Waals surface area contributed by atoms with E-state index < -0.39 is 0 Å². The zero-order chi connectivity index (χ0) is 22.9. The van der Waals surface area contributed by atoms with E-state index in [1.165, 1.54) is 11.0 Å². The Morgan fingerprint density at radius 1 is 1.00 bits per heavy atom. The van der Waals surface area contributed by atoms with Gasteiger partial charge in [-0.15, -0.1) is 0 Å². The number of aromatic amines is 1. The van der Waals surface area contributed by atoms with Crippen molar-refractivity contribution in [2.24, 2.45) is 0 Å². The molecule has 7 nitrogen and oxygen atoms in total. The van der Waals surface area contributed by atoms with Crippen LogP contribution in [0.2, 0.25) is 0 Å². The highest BCUT2D eigenvalue weighted by Crippen LogP contribution is 2.33. The predicted molar refractivity (Wildman–Crippen MR) is 125 cm³/mol. The van der Waals surface area contributed by atoms with Crippen molar-refractivity contribution in [1.29, 1.82) is 0 Å². The molecule has 0 atom stereocenters. The summed E-state index contributed by atoms with van der Waals surface area (Å²) in [6, 6.07) is 13.1. The summed E-state index contributed by atoms with van der Waals surface area (Å²) in [6.45, 7) is 0.196. The van der Waals surface area contributed by atoms with Crippen molar-refractivity contribution in [3.05, 3.63) is 79.3 Å². The number of nitrogens with one attached hydrogen (secondary N) is 1. The monoisotopic (exact) mass is 440 g/mol. The molecule has 0 unspecified atom stereocenters. The van der Waals surface area contributed by atoms with Crippen LogP contribution in [0.5, 0.6) is 0 Å². The minimum absolute atomic E-state index is 0.0191. The third-order valence-corrected chi connectivity index (χ3v) is 5.60. The molecular weight excluding hydrogens is 419 g/mol. The predicted octanol–water partition coefficient (Wildman–Crippen LogP) is 4.38. The van der Waals surface area contributed by atoms with Crippen LogP contribution in [0.25, 0.3) is 44.3 Å². The van der Waals surface area contributed by atoms with Crippen LogP contribution in [0.4, 0.5) is 4.39 Å². The van der Waals surface area contributed by atoms with E-state index >= 15 is 0 Å². The Balaban J connectivity index is 1.48. The first-order valence-corrected chi connectivity index (χ1v) is 10.4. The van der Waals surface area contributed by atoms with Crippen LogP contribution in [0.3, 0.4) is 0 Å². The number of likely N-dealkylation sites (N-methyl/N-ethyl adjacent to an activating group) is 1. The number of halogens is 1. The highest BCUT2D eigenvalue weighted by Gasteiger charge is 2.13. The summed E-state index contributed by atoms with van der Waals surface area (Å²) >= 11 is 0. The average Bonchev–Trinajstić information content (AvgIpc) is 3.51. The summed E-state index contributed by atoms with van der Waals surface area (Å²) in [7, 11) is 3.44. The van der Waals surface area contributed by atoms with Crippen molar-refractivity contribution >= 4 is 16.7 Å². The molecule has 5 aromatic rings. The van der Waals surface area contributed by atoms with Crippen molar-refractivity contribution in [3.8, 4) is 33.5 Å². The Hall–Kier alpha value is -4.33. The minimum atomic E-state index is -0.328. The van der Waals surface area contributed by atoms with Gasteiger partial charge >= 0.3 is 0 Å². The van der Waals surface area contributed by atoms with Gasteiger partial charge in [0.25, 0.3) is 0 Å². The molecule has 5 rings (SSSR count). The molecule has 0 spiro atoms. The molecule has 0 radical (unpaired) electrons. The van der Waals surface area contributed by atoms with Crippen molar-refractivity contribution < 1.29 is 9.18 Å². The van der Waals surface area contributed by atoms with Crippen LogP contribution >= 0.6 is 0 Å². The maximum atomic E-state index is 14.7. The fourth-order valence-electron chi connectivity index (χ4n) is 3.75. The van der Waals surface area contributed by atoms with Gasteiger partial charge in [0.1, 0.15) is 12.4 Å². The van der Waals surface area contributed by atoms with E-state index in [1.807, 2.05) is 36.5 Å². The Labute approximate surface area is 189 Å². The molecule has 0 aliphatic rings. The van der Waals surface area contributed by atoms with E-state index in [-0.39, 0.29) is 18.3 Å². The lowest BCUT2D eigenvalue weighted by Gasteiger charge is -2.10. The highest BCUT2D eigenvalue weighted by atomic mass is 19.1. The second-order valence-corrected chi connectivity index (χ2v) is 8.00. The van der Waals surface area contributed by atoms with E-state index in [9.17, 15) is 9.18 Å². The van der Waals surface area contributed by atoms with Crippen LogP contribution in [-0.4, -0.2) is 49.9 Å². The van der Waals surface area contributed by atoms with Gasteiger partial charge in [-0.05, 0) is 34.7 Å². The van der Waals surface area contributed by atoms with E-state index in [0.717, 1.165) is 33.0 Å². The molecular formula is C25H21FN6O. The van der Waals surface area contributed by atoms with E-state index in [2.05, 4.69) is 20.3 Å². The van der Waals surface area contributed by atoms with Crippen molar-refractivity contribution in [2.45, 2.75) is 6.54 Å². The standard InChI is InChI=1S/C25H21FN6O/c1-31(2)25(33)15-32-14-19(12-29-32)16-3-5-17(6-4-16)22-13-27-11-18-9-23(26)21(10-20(18)22)24-7-8-28-30-24/h3-14H,15H2,1-2H3,(H,28,30). The Kier molecular flexibility index (Phi) is 5.18. The molecule has 0 fully saturated rings. The number of nitrogens with zero attached hydrogens (tertiary/aromatic N) is 5. The first kappa shape index (κ1) is 20.6. The van der Waals surface area contributed by atoms with Gasteiger partial charge < -0.3 is 4.90 Å². The lowest BCUT2D eigenvalue weighted by atomic mass is 9.97. The first-order chi connectivity index (χ1) is 16.0. The quantitative estimate of drug-likeness (QED) is 0.440. The van der Waals surface area contributed by atoms with Gasteiger partial charge in [-0.25, -0.2) is 4.39 Å². The Bertz CT molecular complexity index is 1440. The summed E-state index contributed by atoms with van der Waals surface area (Å²) in [6.07, 6.45) is 8.66. The fraction of sp³-hybridized carbons (Fsp3) is 0.120. The van der Waals surface area contributed by atoms with Gasteiger partial charge in [-0.2, -0.15) is 10.2 Å². The maximum Gasteiger partial charge on any atom is 0.243 e. The number of H-pyrrole nitrogens is 1. The number of rotatable bonds is 5. The topological polar surface area (TPSA) is 79.7 Å². The number of hydrogen-bond donors (Lipinski definition) is 1. The second-order valence-electron chi connectivity index (χ2n) is 8.00. The van der Waals surface area contributed by atoms with Crippen LogP contribution in [0.15, 0.2) is 73.4 Å². The first-order valence-electron chi connectivity index (χ1n) is 10.4. The Morgan fingerprint density at radius 3 is 2.52 bits per heavy atom. The van der Waals surface area contributed by atoms with Crippen LogP contribution in [0.1, 0.15) is 0 Å². The third kappa shape index (κ3) is 3.98. The Morgan fingerprint density at radius 2 is 1.79 bits per heavy atom. The van der Waals surface area contributed by atoms with Crippen LogP contribution < -0.4 is 0 Å². The molecule has 1 N–H and O–H groups in total. The largest absolute Gasteiger partial charge is 0.347 e. The number of benzene rings is 2. The molecule has 8 heteroatoms. The molecule has 164 valence electrons. The lowest BCUT2D eigenvalue weighted by Crippen LogP contribution is -2.26.